The van der Waals surface area contributed by atoms with Gasteiger partial charge in [0.05, 0.1) is 5.56 Å². The Balaban J connectivity index is 2.38. The van der Waals surface area contributed by atoms with E-state index in [-0.39, 0.29) is 11.1 Å². The second-order valence-corrected chi connectivity index (χ2v) is 4.89. The van der Waals surface area contributed by atoms with Crippen molar-refractivity contribution < 1.29 is 13.6 Å². The van der Waals surface area contributed by atoms with Gasteiger partial charge in [-0.3, -0.25) is 4.79 Å². The van der Waals surface area contributed by atoms with Crippen molar-refractivity contribution in [3.8, 4) is 0 Å². The Morgan fingerprint density at radius 1 is 1.28 bits per heavy atom. The molecule has 1 heterocycles. The summed E-state index contributed by atoms with van der Waals surface area (Å²) < 4.78 is 27.1. The number of rotatable bonds is 3. The lowest BCUT2D eigenvalue weighted by molar-refractivity contribution is 0.0957. The maximum absolute atomic E-state index is 13.7. The third-order valence-corrected chi connectivity index (χ3v) is 3.63. The summed E-state index contributed by atoms with van der Waals surface area (Å²) in [7, 11) is 0. The van der Waals surface area contributed by atoms with Crippen LogP contribution in [0, 0.1) is 18.6 Å². The second-order valence-electron chi connectivity index (χ2n) is 3.92. The Morgan fingerprint density at radius 3 is 2.61 bits per heavy atom. The van der Waals surface area contributed by atoms with Crippen molar-refractivity contribution >= 4 is 17.1 Å². The first-order valence-electron chi connectivity index (χ1n) is 5.30. The quantitative estimate of drug-likeness (QED) is 0.868. The first-order chi connectivity index (χ1) is 8.52. The summed E-state index contributed by atoms with van der Waals surface area (Å²) in [6.45, 7) is 1.44. The van der Waals surface area contributed by atoms with Gasteiger partial charge in [-0.15, -0.1) is 11.3 Å². The first-order valence-corrected chi connectivity index (χ1v) is 6.18. The van der Waals surface area contributed by atoms with E-state index in [9.17, 15) is 13.6 Å². The van der Waals surface area contributed by atoms with Crippen molar-refractivity contribution in [2.75, 3.05) is 0 Å². The summed E-state index contributed by atoms with van der Waals surface area (Å²) in [5.74, 6) is -2.75. The lowest BCUT2D eigenvalue weighted by Crippen LogP contribution is -2.22. The number of hydrogen-bond donors (Lipinski definition) is 1. The minimum Gasteiger partial charge on any atom is -0.317 e. The van der Waals surface area contributed by atoms with Gasteiger partial charge >= 0.3 is 0 Å². The van der Waals surface area contributed by atoms with Crippen LogP contribution in [0.2, 0.25) is 0 Å². The van der Waals surface area contributed by atoms with Gasteiger partial charge in [0.15, 0.2) is 17.4 Å². The molecule has 2 N–H and O–H groups in total. The van der Waals surface area contributed by atoms with E-state index in [0.29, 0.717) is 4.88 Å². The van der Waals surface area contributed by atoms with Crippen LogP contribution in [0.25, 0.3) is 0 Å². The van der Waals surface area contributed by atoms with Crippen LogP contribution in [0.5, 0.6) is 0 Å². The highest BCUT2D eigenvalue weighted by molar-refractivity contribution is 7.10. The predicted molar refractivity (Wildman–Crippen MR) is 66.7 cm³/mol. The molecule has 1 unspecified atom stereocenters. The molecule has 0 saturated carbocycles. The number of carbonyl (C=O) groups excluding carboxylic acids is 1. The molecule has 5 heteroatoms. The third kappa shape index (κ3) is 2.19. The van der Waals surface area contributed by atoms with Crippen molar-refractivity contribution in [2.45, 2.75) is 13.0 Å². The molecule has 0 bridgehead atoms. The van der Waals surface area contributed by atoms with Gasteiger partial charge in [0.2, 0.25) is 0 Å². The molecule has 0 spiro atoms. The van der Waals surface area contributed by atoms with Crippen LogP contribution in [0.3, 0.4) is 0 Å². The molecular formula is C13H11F2NOS. The maximum atomic E-state index is 13.7. The lowest BCUT2D eigenvalue weighted by atomic mass is 10.0. The van der Waals surface area contributed by atoms with Gasteiger partial charge in [-0.2, -0.15) is 0 Å². The van der Waals surface area contributed by atoms with Crippen LogP contribution in [0.4, 0.5) is 8.78 Å². The molecule has 0 aliphatic heterocycles. The smallest absolute Gasteiger partial charge is 0.187 e. The van der Waals surface area contributed by atoms with Crippen molar-refractivity contribution in [3.63, 3.8) is 0 Å². The molecule has 0 amide bonds. The van der Waals surface area contributed by atoms with E-state index in [4.69, 9.17) is 5.73 Å². The van der Waals surface area contributed by atoms with E-state index >= 15 is 0 Å². The van der Waals surface area contributed by atoms with Gasteiger partial charge in [-0.05, 0) is 30.0 Å². The molecule has 1 atom stereocenters. The Kier molecular flexibility index (Phi) is 3.54. The zero-order chi connectivity index (χ0) is 13.3. The van der Waals surface area contributed by atoms with E-state index < -0.39 is 23.5 Å². The molecular weight excluding hydrogens is 256 g/mol. The molecule has 18 heavy (non-hydrogen) atoms. The molecule has 0 aliphatic carbocycles. The highest BCUT2D eigenvalue weighted by atomic mass is 32.1. The van der Waals surface area contributed by atoms with Crippen LogP contribution in [0.1, 0.15) is 26.8 Å². The number of halogens is 2. The number of carbonyl (C=O) groups is 1. The fraction of sp³-hybridized carbons (Fsp3) is 0.154. The highest BCUT2D eigenvalue weighted by Crippen LogP contribution is 2.24. The topological polar surface area (TPSA) is 43.1 Å². The zero-order valence-corrected chi connectivity index (χ0v) is 10.4. The van der Waals surface area contributed by atoms with Crippen molar-refractivity contribution in [3.05, 3.63) is 57.3 Å². The monoisotopic (exact) mass is 267 g/mol. The van der Waals surface area contributed by atoms with Gasteiger partial charge in [0.1, 0.15) is 6.04 Å². The fourth-order valence-electron chi connectivity index (χ4n) is 1.60. The molecule has 2 rings (SSSR count). The van der Waals surface area contributed by atoms with Crippen LogP contribution in [0.15, 0.2) is 29.6 Å². The number of benzene rings is 1. The SMILES string of the molecule is Cc1ccc(C(=O)C(N)c2cccs2)c(F)c1F. The Hall–Kier alpha value is -1.59. The third-order valence-electron chi connectivity index (χ3n) is 2.67. The molecule has 0 saturated heterocycles. The number of Topliss-reactive ketones (excluding diaryl/α,β-unsaturated/α-hetero) is 1. The second kappa shape index (κ2) is 4.96. The Labute approximate surface area is 107 Å². The highest BCUT2D eigenvalue weighted by Gasteiger charge is 2.23. The van der Waals surface area contributed by atoms with Crippen LogP contribution in [-0.2, 0) is 0 Å². The molecule has 1 aromatic heterocycles. The van der Waals surface area contributed by atoms with E-state index in [0.717, 1.165) is 0 Å². The van der Waals surface area contributed by atoms with Gasteiger partial charge in [-0.1, -0.05) is 12.1 Å². The summed E-state index contributed by atoms with van der Waals surface area (Å²) in [6.07, 6.45) is 0. The molecule has 94 valence electrons. The molecule has 2 aromatic rings. The average molecular weight is 267 g/mol. The summed E-state index contributed by atoms with van der Waals surface area (Å²) in [6, 6.07) is 5.12. The van der Waals surface area contributed by atoms with E-state index in [1.165, 1.54) is 30.4 Å². The number of nitrogens with two attached hydrogens (primary N) is 1. The molecule has 2 nitrogen and oxygen atoms in total. The molecule has 1 aromatic carbocycles. The minimum atomic E-state index is -1.13. The summed E-state index contributed by atoms with van der Waals surface area (Å²) >= 11 is 1.31. The van der Waals surface area contributed by atoms with E-state index in [1.54, 1.807) is 17.5 Å². The number of ketones is 1. The van der Waals surface area contributed by atoms with Crippen LogP contribution >= 0.6 is 11.3 Å². The average Bonchev–Trinajstić information content (AvgIpc) is 2.88. The molecule has 0 aliphatic rings. The predicted octanol–water partition coefficient (Wildman–Crippen LogP) is 3.22. The largest absolute Gasteiger partial charge is 0.317 e. The summed E-state index contributed by atoms with van der Waals surface area (Å²) in [5.41, 5.74) is 5.60. The van der Waals surface area contributed by atoms with E-state index in [2.05, 4.69) is 0 Å². The fourth-order valence-corrected chi connectivity index (χ4v) is 2.33. The van der Waals surface area contributed by atoms with Crippen LogP contribution < -0.4 is 5.73 Å². The summed E-state index contributed by atoms with van der Waals surface area (Å²) in [4.78, 5) is 12.6. The summed E-state index contributed by atoms with van der Waals surface area (Å²) in [5, 5.41) is 1.77. The minimum absolute atomic E-state index is 0.161. The van der Waals surface area contributed by atoms with Crippen LogP contribution in [-0.4, -0.2) is 5.78 Å². The standard InChI is InChI=1S/C13H11F2NOS/c1-7-4-5-8(11(15)10(7)14)13(17)12(16)9-3-2-6-18-9/h2-6,12H,16H2,1H3. The Morgan fingerprint density at radius 2 is 2.00 bits per heavy atom. The molecule has 0 fully saturated rings. The van der Waals surface area contributed by atoms with Gasteiger partial charge in [0, 0.05) is 4.88 Å². The lowest BCUT2D eigenvalue weighted by Gasteiger charge is -2.10. The van der Waals surface area contributed by atoms with Gasteiger partial charge < -0.3 is 5.73 Å². The van der Waals surface area contributed by atoms with Gasteiger partial charge in [-0.25, -0.2) is 8.78 Å². The zero-order valence-electron chi connectivity index (χ0n) is 9.61. The van der Waals surface area contributed by atoms with E-state index in [1.807, 2.05) is 0 Å². The first kappa shape index (κ1) is 12.9. The van der Waals surface area contributed by atoms with Crippen molar-refractivity contribution in [2.24, 2.45) is 5.73 Å². The maximum Gasteiger partial charge on any atom is 0.187 e. The van der Waals surface area contributed by atoms with Gasteiger partial charge in [0.25, 0.3) is 0 Å². The normalized spacial score (nSPS) is 12.4. The number of aryl methyl sites for hydroxylation is 1. The number of hydrogen-bond acceptors (Lipinski definition) is 3. The number of thiophene rings is 1. The Bertz CT molecular complexity index is 581. The van der Waals surface area contributed by atoms with Crippen molar-refractivity contribution in [1.29, 1.82) is 0 Å². The van der Waals surface area contributed by atoms with Crippen molar-refractivity contribution in [1.82, 2.24) is 0 Å². The molecule has 0 radical (unpaired) electrons.